The molecular weight excluding hydrogens is 338 g/mol. The standard InChI is InChI=1S/C22H31N3O2/c1-16-4-6-17(7-5-16)22(27)24-13-10-20(11-14-24)25-12-2-3-18(15-25)21(26)23-19-8-9-19/h4-7,18-20H,2-3,8-15H2,1H3,(H,23,26)/t18-/m1/s1. The molecule has 5 heteroatoms. The number of aryl methyl sites for hydroxylation is 1. The van der Waals surface area contributed by atoms with E-state index in [1.807, 2.05) is 36.1 Å². The zero-order valence-corrected chi connectivity index (χ0v) is 16.3. The molecule has 1 saturated carbocycles. The van der Waals surface area contributed by atoms with Gasteiger partial charge >= 0.3 is 0 Å². The zero-order chi connectivity index (χ0) is 18.8. The Hall–Kier alpha value is -1.88. The van der Waals surface area contributed by atoms with Gasteiger partial charge in [-0.1, -0.05) is 17.7 Å². The van der Waals surface area contributed by atoms with Crippen molar-refractivity contribution in [1.29, 1.82) is 0 Å². The Morgan fingerprint density at radius 1 is 0.963 bits per heavy atom. The minimum absolute atomic E-state index is 0.145. The molecular formula is C22H31N3O2. The minimum Gasteiger partial charge on any atom is -0.353 e. The number of amides is 2. The first-order chi connectivity index (χ1) is 13.1. The number of nitrogens with one attached hydrogen (secondary N) is 1. The van der Waals surface area contributed by atoms with Crippen LogP contribution in [-0.4, -0.2) is 59.9 Å². The zero-order valence-electron chi connectivity index (χ0n) is 16.3. The van der Waals surface area contributed by atoms with Crippen LogP contribution in [-0.2, 0) is 4.79 Å². The van der Waals surface area contributed by atoms with Crippen LogP contribution in [0, 0.1) is 12.8 Å². The number of carbonyl (C=O) groups is 2. The van der Waals surface area contributed by atoms with Gasteiger partial charge in [-0.15, -0.1) is 0 Å². The number of likely N-dealkylation sites (tertiary alicyclic amines) is 2. The molecule has 0 aromatic heterocycles. The highest BCUT2D eigenvalue weighted by molar-refractivity contribution is 5.94. The van der Waals surface area contributed by atoms with Crippen LogP contribution in [0.2, 0.25) is 0 Å². The highest BCUT2D eigenvalue weighted by Gasteiger charge is 2.34. The van der Waals surface area contributed by atoms with Crippen LogP contribution in [0.3, 0.4) is 0 Å². The minimum atomic E-state index is 0.145. The van der Waals surface area contributed by atoms with Crippen LogP contribution in [0.4, 0.5) is 0 Å². The van der Waals surface area contributed by atoms with E-state index in [0.717, 1.165) is 70.3 Å². The maximum atomic E-state index is 12.7. The molecule has 3 fully saturated rings. The fourth-order valence-corrected chi connectivity index (χ4v) is 4.41. The van der Waals surface area contributed by atoms with Crippen LogP contribution in [0.15, 0.2) is 24.3 Å². The summed E-state index contributed by atoms with van der Waals surface area (Å²) >= 11 is 0. The Bertz CT molecular complexity index is 675. The van der Waals surface area contributed by atoms with Gasteiger partial charge in [0.05, 0.1) is 5.92 Å². The van der Waals surface area contributed by atoms with Crippen molar-refractivity contribution in [2.75, 3.05) is 26.2 Å². The van der Waals surface area contributed by atoms with Crippen LogP contribution in [0.25, 0.3) is 0 Å². The van der Waals surface area contributed by atoms with Crippen molar-refractivity contribution in [3.63, 3.8) is 0 Å². The third-order valence-electron chi connectivity index (χ3n) is 6.31. The van der Waals surface area contributed by atoms with Gasteiger partial charge in [-0.2, -0.15) is 0 Å². The number of carbonyl (C=O) groups excluding carboxylic acids is 2. The normalized spacial score (nSPS) is 24.6. The summed E-state index contributed by atoms with van der Waals surface area (Å²) in [5.74, 6) is 0.550. The van der Waals surface area contributed by atoms with Crippen molar-refractivity contribution >= 4 is 11.8 Å². The fraction of sp³-hybridized carbons (Fsp3) is 0.636. The Balaban J connectivity index is 1.28. The van der Waals surface area contributed by atoms with Gasteiger partial charge in [0.25, 0.3) is 5.91 Å². The molecule has 2 saturated heterocycles. The molecule has 0 bridgehead atoms. The SMILES string of the molecule is Cc1ccc(C(=O)N2CCC(N3CCC[C@@H](C(=O)NC4CC4)C3)CC2)cc1. The molecule has 0 spiro atoms. The number of rotatable bonds is 4. The number of benzene rings is 1. The summed E-state index contributed by atoms with van der Waals surface area (Å²) in [6, 6.07) is 8.81. The van der Waals surface area contributed by atoms with Gasteiger partial charge in [0, 0.05) is 37.3 Å². The highest BCUT2D eigenvalue weighted by atomic mass is 16.2. The number of hydrogen-bond donors (Lipinski definition) is 1. The molecule has 3 aliphatic rings. The molecule has 0 unspecified atom stereocenters. The van der Waals surface area contributed by atoms with E-state index in [1.54, 1.807) is 0 Å². The van der Waals surface area contributed by atoms with Gasteiger partial charge in [0.2, 0.25) is 5.91 Å². The molecule has 1 N–H and O–H groups in total. The first-order valence-corrected chi connectivity index (χ1v) is 10.5. The first-order valence-electron chi connectivity index (χ1n) is 10.5. The van der Waals surface area contributed by atoms with Gasteiger partial charge in [-0.25, -0.2) is 0 Å². The van der Waals surface area contributed by atoms with Crippen molar-refractivity contribution in [2.45, 2.75) is 57.5 Å². The lowest BCUT2D eigenvalue weighted by Crippen LogP contribution is -2.51. The predicted octanol–water partition coefficient (Wildman–Crippen LogP) is 2.59. The van der Waals surface area contributed by atoms with Gasteiger partial charge in [0.15, 0.2) is 0 Å². The monoisotopic (exact) mass is 369 g/mol. The lowest BCUT2D eigenvalue weighted by Gasteiger charge is -2.42. The van der Waals surface area contributed by atoms with Crippen molar-refractivity contribution in [2.24, 2.45) is 5.92 Å². The van der Waals surface area contributed by atoms with E-state index in [0.29, 0.717) is 12.1 Å². The molecule has 2 amide bonds. The summed E-state index contributed by atoms with van der Waals surface area (Å²) in [6.07, 6.45) is 6.43. The second-order valence-electron chi connectivity index (χ2n) is 8.51. The summed E-state index contributed by atoms with van der Waals surface area (Å²) in [4.78, 5) is 29.6. The van der Waals surface area contributed by atoms with Crippen LogP contribution >= 0.6 is 0 Å². The summed E-state index contributed by atoms with van der Waals surface area (Å²) in [5.41, 5.74) is 1.96. The molecule has 4 rings (SSSR count). The third-order valence-corrected chi connectivity index (χ3v) is 6.31. The topological polar surface area (TPSA) is 52.7 Å². The third kappa shape index (κ3) is 4.52. The Labute approximate surface area is 162 Å². The van der Waals surface area contributed by atoms with Crippen LogP contribution in [0.5, 0.6) is 0 Å². The molecule has 1 aromatic rings. The van der Waals surface area contributed by atoms with Gasteiger partial charge in [0.1, 0.15) is 0 Å². The van der Waals surface area contributed by atoms with E-state index in [4.69, 9.17) is 0 Å². The summed E-state index contributed by atoms with van der Waals surface area (Å²) in [6.45, 7) is 5.63. The molecule has 2 heterocycles. The highest BCUT2D eigenvalue weighted by Crippen LogP contribution is 2.26. The maximum absolute atomic E-state index is 12.7. The fourth-order valence-electron chi connectivity index (χ4n) is 4.41. The number of piperidine rings is 2. The molecule has 146 valence electrons. The van der Waals surface area contributed by atoms with Gasteiger partial charge in [-0.05, 0) is 64.1 Å². The molecule has 1 atom stereocenters. The van der Waals surface area contributed by atoms with E-state index < -0.39 is 0 Å². The van der Waals surface area contributed by atoms with Crippen molar-refractivity contribution in [3.05, 3.63) is 35.4 Å². The molecule has 0 radical (unpaired) electrons. The Kier molecular flexibility index (Phi) is 5.48. The first kappa shape index (κ1) is 18.5. The molecule has 2 aliphatic heterocycles. The predicted molar refractivity (Wildman–Crippen MR) is 106 cm³/mol. The molecule has 5 nitrogen and oxygen atoms in total. The smallest absolute Gasteiger partial charge is 0.253 e. The van der Waals surface area contributed by atoms with Gasteiger partial charge in [-0.3, -0.25) is 14.5 Å². The molecule has 27 heavy (non-hydrogen) atoms. The average Bonchev–Trinajstić information content (AvgIpc) is 3.52. The largest absolute Gasteiger partial charge is 0.353 e. The van der Waals surface area contributed by atoms with E-state index in [1.165, 1.54) is 5.56 Å². The Morgan fingerprint density at radius 3 is 2.33 bits per heavy atom. The lowest BCUT2D eigenvalue weighted by atomic mass is 9.93. The molecule has 1 aliphatic carbocycles. The van der Waals surface area contributed by atoms with Crippen LogP contribution in [0.1, 0.15) is 54.4 Å². The van der Waals surface area contributed by atoms with E-state index in [-0.39, 0.29) is 17.7 Å². The average molecular weight is 370 g/mol. The van der Waals surface area contributed by atoms with E-state index in [9.17, 15) is 9.59 Å². The van der Waals surface area contributed by atoms with Crippen LogP contribution < -0.4 is 5.32 Å². The van der Waals surface area contributed by atoms with Gasteiger partial charge < -0.3 is 10.2 Å². The quantitative estimate of drug-likeness (QED) is 0.888. The number of nitrogens with zero attached hydrogens (tertiary/aromatic N) is 2. The van der Waals surface area contributed by atoms with Crippen molar-refractivity contribution < 1.29 is 9.59 Å². The second-order valence-corrected chi connectivity index (χ2v) is 8.51. The van der Waals surface area contributed by atoms with E-state index in [2.05, 4.69) is 10.2 Å². The maximum Gasteiger partial charge on any atom is 0.253 e. The van der Waals surface area contributed by atoms with Crippen molar-refractivity contribution in [1.82, 2.24) is 15.1 Å². The van der Waals surface area contributed by atoms with E-state index >= 15 is 0 Å². The summed E-state index contributed by atoms with van der Waals surface area (Å²) < 4.78 is 0. The Morgan fingerprint density at radius 2 is 1.67 bits per heavy atom. The summed E-state index contributed by atoms with van der Waals surface area (Å²) in [5, 5.41) is 3.17. The summed E-state index contributed by atoms with van der Waals surface area (Å²) in [7, 11) is 0. The van der Waals surface area contributed by atoms with Crippen molar-refractivity contribution in [3.8, 4) is 0 Å². The molecule has 1 aromatic carbocycles. The second kappa shape index (κ2) is 8.01. The lowest BCUT2D eigenvalue weighted by molar-refractivity contribution is -0.127. The number of hydrogen-bond acceptors (Lipinski definition) is 3.